The molecule has 1 aromatic heterocycles. The zero-order chi connectivity index (χ0) is 17.0. The standard InChI is InChI=1S/C16H22N4O2S/c1-16(2,3)13-14(21)20(15(23-5)19-18-13)17-10-11-6-8-12(22-4)9-7-11/h6-9,17H,10H2,1-5H3. The SMILES string of the molecule is COc1ccc(CNn2c(SC)nnc(C(C)(C)C)c2=O)cc1. The van der Waals surface area contributed by atoms with Crippen molar-refractivity contribution in [1.29, 1.82) is 0 Å². The van der Waals surface area contributed by atoms with Crippen LogP contribution in [0.1, 0.15) is 32.0 Å². The maximum Gasteiger partial charge on any atom is 0.295 e. The minimum atomic E-state index is -0.357. The molecule has 0 aliphatic carbocycles. The molecule has 1 N–H and O–H groups in total. The summed E-state index contributed by atoms with van der Waals surface area (Å²) in [7, 11) is 1.63. The van der Waals surface area contributed by atoms with E-state index in [1.165, 1.54) is 16.4 Å². The van der Waals surface area contributed by atoms with Crippen LogP contribution in [-0.4, -0.2) is 28.2 Å². The summed E-state index contributed by atoms with van der Waals surface area (Å²) in [6.45, 7) is 6.35. The fraction of sp³-hybridized carbons (Fsp3) is 0.438. The van der Waals surface area contributed by atoms with Gasteiger partial charge in [-0.1, -0.05) is 44.7 Å². The molecule has 0 aliphatic heterocycles. The molecular weight excluding hydrogens is 312 g/mol. The maximum absolute atomic E-state index is 12.7. The summed E-state index contributed by atoms with van der Waals surface area (Å²) in [6.07, 6.45) is 1.87. The van der Waals surface area contributed by atoms with Gasteiger partial charge >= 0.3 is 0 Å². The fourth-order valence-electron chi connectivity index (χ4n) is 2.03. The Hall–Kier alpha value is -2.02. The molecule has 0 radical (unpaired) electrons. The molecule has 0 amide bonds. The van der Waals surface area contributed by atoms with Crippen molar-refractivity contribution in [2.75, 3.05) is 18.8 Å². The Balaban J connectivity index is 2.28. The first-order valence-corrected chi connectivity index (χ1v) is 8.50. The predicted molar refractivity (Wildman–Crippen MR) is 92.8 cm³/mol. The van der Waals surface area contributed by atoms with E-state index in [9.17, 15) is 4.79 Å². The minimum Gasteiger partial charge on any atom is -0.497 e. The molecule has 2 rings (SSSR count). The number of rotatable bonds is 5. The highest BCUT2D eigenvalue weighted by Gasteiger charge is 2.23. The van der Waals surface area contributed by atoms with E-state index < -0.39 is 0 Å². The second kappa shape index (κ2) is 7.04. The third kappa shape index (κ3) is 4.04. The average Bonchev–Trinajstić information content (AvgIpc) is 2.52. The van der Waals surface area contributed by atoms with Gasteiger partial charge in [0.15, 0.2) is 0 Å². The zero-order valence-electron chi connectivity index (χ0n) is 14.1. The maximum atomic E-state index is 12.7. The molecule has 0 fully saturated rings. The van der Waals surface area contributed by atoms with Crippen molar-refractivity contribution in [3.8, 4) is 5.75 Å². The van der Waals surface area contributed by atoms with Crippen LogP contribution in [0.25, 0.3) is 0 Å². The van der Waals surface area contributed by atoms with Gasteiger partial charge in [0.2, 0.25) is 5.16 Å². The van der Waals surface area contributed by atoms with E-state index in [0.717, 1.165) is 11.3 Å². The summed E-state index contributed by atoms with van der Waals surface area (Å²) in [5.41, 5.74) is 4.10. The van der Waals surface area contributed by atoms with Gasteiger partial charge in [0.1, 0.15) is 11.4 Å². The molecule has 23 heavy (non-hydrogen) atoms. The topological polar surface area (TPSA) is 69.0 Å². The van der Waals surface area contributed by atoms with Crippen molar-refractivity contribution < 1.29 is 4.74 Å². The van der Waals surface area contributed by atoms with E-state index in [1.807, 2.05) is 51.3 Å². The Morgan fingerprint density at radius 2 is 1.87 bits per heavy atom. The van der Waals surface area contributed by atoms with E-state index in [4.69, 9.17) is 4.74 Å². The van der Waals surface area contributed by atoms with Crippen molar-refractivity contribution in [2.24, 2.45) is 0 Å². The van der Waals surface area contributed by atoms with E-state index >= 15 is 0 Å². The molecule has 0 saturated carbocycles. The van der Waals surface area contributed by atoms with E-state index in [1.54, 1.807) is 7.11 Å². The predicted octanol–water partition coefficient (Wildman–Crippen LogP) is 2.41. The number of thioether (sulfide) groups is 1. The summed E-state index contributed by atoms with van der Waals surface area (Å²) in [4.78, 5) is 12.7. The summed E-state index contributed by atoms with van der Waals surface area (Å²) in [5, 5.41) is 8.79. The Kier molecular flexibility index (Phi) is 5.30. The fourth-order valence-corrected chi connectivity index (χ4v) is 2.48. The van der Waals surface area contributed by atoms with Crippen LogP contribution in [0, 0.1) is 0 Å². The van der Waals surface area contributed by atoms with Crippen LogP contribution in [0.2, 0.25) is 0 Å². The third-order valence-electron chi connectivity index (χ3n) is 3.33. The highest BCUT2D eigenvalue weighted by molar-refractivity contribution is 7.98. The Morgan fingerprint density at radius 3 is 2.39 bits per heavy atom. The molecule has 2 aromatic rings. The van der Waals surface area contributed by atoms with Gasteiger partial charge in [0.25, 0.3) is 5.56 Å². The Bertz CT molecular complexity index is 720. The summed E-state index contributed by atoms with van der Waals surface area (Å²) >= 11 is 1.38. The zero-order valence-corrected chi connectivity index (χ0v) is 14.9. The van der Waals surface area contributed by atoms with Crippen LogP contribution in [-0.2, 0) is 12.0 Å². The number of aromatic nitrogens is 3. The van der Waals surface area contributed by atoms with Crippen LogP contribution in [0.15, 0.2) is 34.2 Å². The molecule has 7 heteroatoms. The Labute approximate surface area is 140 Å². The van der Waals surface area contributed by atoms with Gasteiger partial charge < -0.3 is 10.2 Å². The molecule has 0 unspecified atom stereocenters. The van der Waals surface area contributed by atoms with Gasteiger partial charge in [0.05, 0.1) is 13.7 Å². The quantitative estimate of drug-likeness (QED) is 0.847. The van der Waals surface area contributed by atoms with Gasteiger partial charge in [0, 0.05) is 5.41 Å². The molecular formula is C16H22N4O2S. The summed E-state index contributed by atoms with van der Waals surface area (Å²) in [6, 6.07) is 7.69. The van der Waals surface area contributed by atoms with Gasteiger partial charge in [-0.15, -0.1) is 10.2 Å². The number of hydrogen-bond donors (Lipinski definition) is 1. The van der Waals surface area contributed by atoms with Gasteiger partial charge in [-0.25, -0.2) is 0 Å². The van der Waals surface area contributed by atoms with E-state index in [2.05, 4.69) is 15.6 Å². The number of hydrogen-bond acceptors (Lipinski definition) is 6. The summed E-state index contributed by atoms with van der Waals surface area (Å²) < 4.78 is 6.62. The van der Waals surface area contributed by atoms with Crippen LogP contribution in [0.3, 0.4) is 0 Å². The number of ether oxygens (including phenoxy) is 1. The van der Waals surface area contributed by atoms with Crippen LogP contribution < -0.4 is 15.7 Å². The third-order valence-corrected chi connectivity index (χ3v) is 3.96. The van der Waals surface area contributed by atoms with Crippen molar-refractivity contribution in [3.05, 3.63) is 45.9 Å². The lowest BCUT2D eigenvalue weighted by Crippen LogP contribution is -2.38. The van der Waals surface area contributed by atoms with Gasteiger partial charge in [-0.2, -0.15) is 4.68 Å². The lowest BCUT2D eigenvalue weighted by Gasteiger charge is -2.19. The molecule has 0 aliphatic rings. The second-order valence-electron chi connectivity index (χ2n) is 6.11. The molecule has 1 aromatic carbocycles. The lowest BCUT2D eigenvalue weighted by atomic mass is 9.93. The normalized spacial score (nSPS) is 11.3. The van der Waals surface area contributed by atoms with Gasteiger partial charge in [-0.05, 0) is 24.0 Å². The van der Waals surface area contributed by atoms with E-state index in [-0.39, 0.29) is 11.0 Å². The van der Waals surface area contributed by atoms with Crippen molar-refractivity contribution >= 4 is 11.8 Å². The highest BCUT2D eigenvalue weighted by Crippen LogP contribution is 2.17. The molecule has 0 spiro atoms. The number of nitrogens with one attached hydrogen (secondary N) is 1. The first-order chi connectivity index (χ1) is 10.9. The highest BCUT2D eigenvalue weighted by atomic mass is 32.2. The van der Waals surface area contributed by atoms with Gasteiger partial charge in [-0.3, -0.25) is 4.79 Å². The largest absolute Gasteiger partial charge is 0.497 e. The molecule has 0 atom stereocenters. The number of nitrogens with zero attached hydrogens (tertiary/aromatic N) is 3. The minimum absolute atomic E-state index is 0.162. The molecule has 0 bridgehead atoms. The van der Waals surface area contributed by atoms with Crippen LogP contribution >= 0.6 is 11.8 Å². The first-order valence-electron chi connectivity index (χ1n) is 7.28. The molecule has 124 valence electrons. The second-order valence-corrected chi connectivity index (χ2v) is 6.88. The average molecular weight is 334 g/mol. The van der Waals surface area contributed by atoms with Crippen LogP contribution in [0.4, 0.5) is 0 Å². The number of methoxy groups -OCH3 is 1. The number of benzene rings is 1. The molecule has 1 heterocycles. The van der Waals surface area contributed by atoms with Crippen LogP contribution in [0.5, 0.6) is 5.75 Å². The lowest BCUT2D eigenvalue weighted by molar-refractivity contribution is 0.414. The first kappa shape index (κ1) is 17.3. The van der Waals surface area contributed by atoms with Crippen molar-refractivity contribution in [2.45, 2.75) is 37.9 Å². The monoisotopic (exact) mass is 334 g/mol. The van der Waals surface area contributed by atoms with E-state index in [0.29, 0.717) is 17.4 Å². The smallest absolute Gasteiger partial charge is 0.295 e. The molecule has 6 nitrogen and oxygen atoms in total. The molecule has 0 saturated heterocycles. The van der Waals surface area contributed by atoms with Crippen molar-refractivity contribution in [3.63, 3.8) is 0 Å². The van der Waals surface area contributed by atoms with Crippen molar-refractivity contribution in [1.82, 2.24) is 14.9 Å². The summed E-state index contributed by atoms with van der Waals surface area (Å²) in [5.74, 6) is 0.802. The Morgan fingerprint density at radius 1 is 1.22 bits per heavy atom.